The van der Waals surface area contributed by atoms with Crippen LogP contribution in [0.5, 0.6) is 0 Å². The predicted octanol–water partition coefficient (Wildman–Crippen LogP) is 3.05. The van der Waals surface area contributed by atoms with Gasteiger partial charge in [0.15, 0.2) is 0 Å². The van der Waals surface area contributed by atoms with Crippen LogP contribution in [0, 0.1) is 0 Å². The maximum absolute atomic E-state index is 12.0. The molecule has 1 amide bonds. The molecule has 0 radical (unpaired) electrons. The highest BCUT2D eigenvalue weighted by molar-refractivity contribution is 9.10. The lowest BCUT2D eigenvalue weighted by molar-refractivity contribution is 0.0930. The smallest absolute Gasteiger partial charge is 0.251 e. The van der Waals surface area contributed by atoms with E-state index in [0.29, 0.717) is 11.6 Å². The third-order valence-corrected chi connectivity index (χ3v) is 4.21. The molecule has 104 valence electrons. The molecule has 0 saturated carbocycles. The second-order valence-corrected chi connectivity index (χ2v) is 6.08. The monoisotopic (exact) mass is 324 g/mol. The fraction of sp³-hybridized carbons (Fsp3) is 0.533. The van der Waals surface area contributed by atoms with Crippen molar-refractivity contribution in [1.82, 2.24) is 10.2 Å². The normalized spacial score (nSPS) is 18.0. The Morgan fingerprint density at radius 3 is 2.53 bits per heavy atom. The summed E-state index contributed by atoms with van der Waals surface area (Å²) in [6.07, 6.45) is 3.91. The van der Waals surface area contributed by atoms with E-state index in [2.05, 4.69) is 33.1 Å². The zero-order chi connectivity index (χ0) is 13.7. The van der Waals surface area contributed by atoms with Gasteiger partial charge in [-0.1, -0.05) is 22.4 Å². The van der Waals surface area contributed by atoms with Gasteiger partial charge >= 0.3 is 0 Å². The Morgan fingerprint density at radius 2 is 1.89 bits per heavy atom. The van der Waals surface area contributed by atoms with Crippen molar-refractivity contribution >= 4 is 21.8 Å². The van der Waals surface area contributed by atoms with Gasteiger partial charge in [-0.25, -0.2) is 0 Å². The Labute approximate surface area is 123 Å². The molecule has 1 heterocycles. The molecule has 4 heteroatoms. The van der Waals surface area contributed by atoms with E-state index in [9.17, 15) is 4.79 Å². The summed E-state index contributed by atoms with van der Waals surface area (Å²) in [5, 5.41) is 3.02. The van der Waals surface area contributed by atoms with E-state index in [1.54, 1.807) is 0 Å². The van der Waals surface area contributed by atoms with Crippen molar-refractivity contribution < 1.29 is 4.79 Å². The summed E-state index contributed by atoms with van der Waals surface area (Å²) >= 11 is 3.37. The van der Waals surface area contributed by atoms with Crippen LogP contribution in [0.3, 0.4) is 0 Å². The molecule has 0 bridgehead atoms. The summed E-state index contributed by atoms with van der Waals surface area (Å²) in [4.78, 5) is 14.5. The molecule has 1 atom stereocenters. The van der Waals surface area contributed by atoms with Crippen LogP contribution in [-0.4, -0.2) is 36.5 Å². The lowest BCUT2D eigenvalue weighted by Gasteiger charge is -2.32. The van der Waals surface area contributed by atoms with Gasteiger partial charge in [0.1, 0.15) is 0 Å². The second-order valence-electron chi connectivity index (χ2n) is 5.16. The number of benzene rings is 1. The van der Waals surface area contributed by atoms with Crippen molar-refractivity contribution in [1.29, 1.82) is 0 Å². The quantitative estimate of drug-likeness (QED) is 0.923. The van der Waals surface area contributed by atoms with Gasteiger partial charge in [0.05, 0.1) is 0 Å². The van der Waals surface area contributed by atoms with Gasteiger partial charge in [-0.2, -0.15) is 0 Å². The third kappa shape index (κ3) is 4.32. The topological polar surface area (TPSA) is 32.3 Å². The number of rotatable bonds is 4. The number of amides is 1. The lowest BCUT2D eigenvalue weighted by atomic mass is 10.1. The van der Waals surface area contributed by atoms with Crippen LogP contribution in [0.2, 0.25) is 0 Å². The summed E-state index contributed by atoms with van der Waals surface area (Å²) in [5.41, 5.74) is 0.717. The number of hydrogen-bond acceptors (Lipinski definition) is 2. The van der Waals surface area contributed by atoms with Gasteiger partial charge in [0, 0.05) is 22.6 Å². The largest absolute Gasteiger partial charge is 0.350 e. The number of hydrogen-bond donors (Lipinski definition) is 1. The molecule has 0 spiro atoms. The Morgan fingerprint density at radius 1 is 1.26 bits per heavy atom. The average Bonchev–Trinajstić information content (AvgIpc) is 2.46. The molecule has 19 heavy (non-hydrogen) atoms. The first-order chi connectivity index (χ1) is 9.16. The molecule has 0 aromatic heterocycles. The molecule has 1 aliphatic rings. The molecule has 1 aromatic carbocycles. The van der Waals surface area contributed by atoms with Crippen LogP contribution >= 0.6 is 15.9 Å². The first kappa shape index (κ1) is 14.5. The van der Waals surface area contributed by atoms with Gasteiger partial charge in [0.25, 0.3) is 5.91 Å². The van der Waals surface area contributed by atoms with Crippen LogP contribution in [-0.2, 0) is 0 Å². The van der Waals surface area contributed by atoms with E-state index in [1.807, 2.05) is 24.3 Å². The summed E-state index contributed by atoms with van der Waals surface area (Å²) in [6.45, 7) is 5.23. The van der Waals surface area contributed by atoms with Crippen molar-refractivity contribution in [2.45, 2.75) is 32.2 Å². The van der Waals surface area contributed by atoms with E-state index >= 15 is 0 Å². The van der Waals surface area contributed by atoms with Crippen molar-refractivity contribution in [2.24, 2.45) is 0 Å². The van der Waals surface area contributed by atoms with E-state index < -0.39 is 0 Å². The van der Waals surface area contributed by atoms with Crippen LogP contribution in [0.25, 0.3) is 0 Å². The minimum absolute atomic E-state index is 0.0105. The van der Waals surface area contributed by atoms with Gasteiger partial charge in [0.2, 0.25) is 0 Å². The summed E-state index contributed by atoms with van der Waals surface area (Å²) < 4.78 is 0.991. The molecule has 2 rings (SSSR count). The fourth-order valence-corrected chi connectivity index (χ4v) is 2.70. The number of nitrogens with one attached hydrogen (secondary N) is 1. The molecule has 1 aliphatic heterocycles. The Hall–Kier alpha value is -0.870. The Kier molecular flexibility index (Phi) is 5.40. The van der Waals surface area contributed by atoms with Crippen molar-refractivity contribution in [2.75, 3.05) is 19.6 Å². The van der Waals surface area contributed by atoms with Crippen molar-refractivity contribution in [3.8, 4) is 0 Å². The van der Waals surface area contributed by atoms with Crippen LogP contribution < -0.4 is 5.32 Å². The highest BCUT2D eigenvalue weighted by Crippen LogP contribution is 2.12. The van der Waals surface area contributed by atoms with E-state index in [4.69, 9.17) is 0 Å². The molecule has 1 fully saturated rings. The van der Waals surface area contributed by atoms with E-state index in [-0.39, 0.29) is 5.91 Å². The highest BCUT2D eigenvalue weighted by Gasteiger charge is 2.17. The summed E-state index contributed by atoms with van der Waals surface area (Å²) in [6, 6.07) is 7.88. The summed E-state index contributed by atoms with van der Waals surface area (Å²) in [7, 11) is 0. The van der Waals surface area contributed by atoms with Crippen LogP contribution in [0.4, 0.5) is 0 Å². The zero-order valence-corrected chi connectivity index (χ0v) is 12.9. The maximum atomic E-state index is 12.0. The van der Waals surface area contributed by atoms with Crippen molar-refractivity contribution in [3.05, 3.63) is 34.3 Å². The standard InChI is InChI=1S/C15H21BrN2O/c1-12(18-9-3-2-4-10-18)11-17-15(19)13-5-7-14(16)8-6-13/h5-8,12H,2-4,9-11H2,1H3,(H,17,19). The molecule has 3 nitrogen and oxygen atoms in total. The van der Waals surface area contributed by atoms with Gasteiger partial charge in [-0.3, -0.25) is 9.69 Å². The molecule has 1 N–H and O–H groups in total. The minimum Gasteiger partial charge on any atom is -0.350 e. The average molecular weight is 325 g/mol. The highest BCUT2D eigenvalue weighted by atomic mass is 79.9. The SMILES string of the molecule is CC(CNC(=O)c1ccc(Br)cc1)N1CCCCC1. The fourth-order valence-electron chi connectivity index (χ4n) is 2.43. The third-order valence-electron chi connectivity index (χ3n) is 3.68. The number of likely N-dealkylation sites (tertiary alicyclic amines) is 1. The molecule has 0 aliphatic carbocycles. The van der Waals surface area contributed by atoms with E-state index in [0.717, 1.165) is 24.1 Å². The molecular weight excluding hydrogens is 304 g/mol. The first-order valence-electron chi connectivity index (χ1n) is 6.94. The molecule has 1 unspecified atom stereocenters. The number of carbonyl (C=O) groups is 1. The molecule has 1 saturated heterocycles. The lowest BCUT2D eigenvalue weighted by Crippen LogP contribution is -2.44. The Bertz CT molecular complexity index is 413. The number of halogens is 1. The number of carbonyl (C=O) groups excluding carboxylic acids is 1. The second kappa shape index (κ2) is 7.06. The Balaban J connectivity index is 1.81. The number of piperidine rings is 1. The molecular formula is C15H21BrN2O. The van der Waals surface area contributed by atoms with Crippen molar-refractivity contribution in [3.63, 3.8) is 0 Å². The van der Waals surface area contributed by atoms with Gasteiger partial charge in [-0.15, -0.1) is 0 Å². The van der Waals surface area contributed by atoms with Gasteiger partial charge < -0.3 is 5.32 Å². The minimum atomic E-state index is 0.0105. The zero-order valence-electron chi connectivity index (χ0n) is 11.4. The number of nitrogens with zero attached hydrogens (tertiary/aromatic N) is 1. The maximum Gasteiger partial charge on any atom is 0.251 e. The summed E-state index contributed by atoms with van der Waals surface area (Å²) in [5.74, 6) is 0.0105. The van der Waals surface area contributed by atoms with E-state index in [1.165, 1.54) is 19.3 Å². The first-order valence-corrected chi connectivity index (χ1v) is 7.74. The predicted molar refractivity (Wildman–Crippen MR) is 81.4 cm³/mol. The molecule has 1 aromatic rings. The van der Waals surface area contributed by atoms with Crippen LogP contribution in [0.15, 0.2) is 28.7 Å². The van der Waals surface area contributed by atoms with Gasteiger partial charge in [-0.05, 0) is 57.1 Å². The van der Waals surface area contributed by atoms with Crippen LogP contribution in [0.1, 0.15) is 36.5 Å².